The van der Waals surface area contributed by atoms with Crippen molar-refractivity contribution in [3.8, 4) is 0 Å². The highest BCUT2D eigenvalue weighted by Crippen LogP contribution is 2.19. The predicted octanol–water partition coefficient (Wildman–Crippen LogP) is 1.67. The summed E-state index contributed by atoms with van der Waals surface area (Å²) in [5, 5.41) is 17.5. The molecule has 1 aromatic carbocycles. The average molecular weight is 235 g/mol. The Morgan fingerprint density at radius 2 is 2.00 bits per heavy atom. The summed E-state index contributed by atoms with van der Waals surface area (Å²) in [6.45, 7) is 2.39. The van der Waals surface area contributed by atoms with Crippen molar-refractivity contribution in [2.24, 2.45) is 0 Å². The van der Waals surface area contributed by atoms with E-state index in [1.54, 1.807) is 0 Å². The van der Waals surface area contributed by atoms with Gasteiger partial charge in [0.15, 0.2) is 0 Å². The molecule has 4 heteroatoms. The monoisotopic (exact) mass is 235 g/mol. The van der Waals surface area contributed by atoms with Gasteiger partial charge in [-0.05, 0) is 31.5 Å². The minimum atomic E-state index is 0.469. The van der Waals surface area contributed by atoms with Gasteiger partial charge >= 0.3 is 0 Å². The molecule has 17 heavy (non-hydrogen) atoms. The highest BCUT2D eigenvalue weighted by molar-refractivity contribution is 5.51. The SMILES string of the molecule is CNCc1ccccc1NC1CCN(O)CC1. The van der Waals surface area contributed by atoms with Crippen molar-refractivity contribution in [3.63, 3.8) is 0 Å². The Morgan fingerprint density at radius 3 is 2.71 bits per heavy atom. The summed E-state index contributed by atoms with van der Waals surface area (Å²) in [4.78, 5) is 0. The third kappa shape index (κ3) is 3.43. The quantitative estimate of drug-likeness (QED) is 0.743. The fourth-order valence-corrected chi connectivity index (χ4v) is 2.24. The molecule has 0 bridgehead atoms. The van der Waals surface area contributed by atoms with E-state index in [4.69, 9.17) is 0 Å². The first-order valence-electron chi connectivity index (χ1n) is 6.22. The van der Waals surface area contributed by atoms with Crippen LogP contribution in [0.3, 0.4) is 0 Å². The topological polar surface area (TPSA) is 47.5 Å². The molecule has 1 heterocycles. The lowest BCUT2D eigenvalue weighted by Gasteiger charge is -2.29. The summed E-state index contributed by atoms with van der Waals surface area (Å²) in [5.74, 6) is 0. The maximum absolute atomic E-state index is 9.33. The van der Waals surface area contributed by atoms with Gasteiger partial charge in [-0.15, -0.1) is 0 Å². The van der Waals surface area contributed by atoms with Crippen LogP contribution in [0.2, 0.25) is 0 Å². The normalized spacial score (nSPS) is 18.2. The van der Waals surface area contributed by atoms with Crippen molar-refractivity contribution in [3.05, 3.63) is 29.8 Å². The van der Waals surface area contributed by atoms with E-state index in [2.05, 4.69) is 34.9 Å². The van der Waals surface area contributed by atoms with Gasteiger partial charge in [0.05, 0.1) is 0 Å². The lowest BCUT2D eigenvalue weighted by atomic mass is 10.0. The van der Waals surface area contributed by atoms with E-state index in [0.29, 0.717) is 6.04 Å². The molecule has 3 N–H and O–H groups in total. The fourth-order valence-electron chi connectivity index (χ4n) is 2.24. The molecule has 0 saturated carbocycles. The smallest absolute Gasteiger partial charge is 0.0387 e. The highest BCUT2D eigenvalue weighted by atomic mass is 16.5. The van der Waals surface area contributed by atoms with Gasteiger partial charge in [0.2, 0.25) is 0 Å². The van der Waals surface area contributed by atoms with Crippen molar-refractivity contribution in [1.29, 1.82) is 0 Å². The molecule has 0 atom stereocenters. The molecule has 0 aliphatic carbocycles. The van der Waals surface area contributed by atoms with E-state index in [-0.39, 0.29) is 0 Å². The van der Waals surface area contributed by atoms with Gasteiger partial charge in [-0.1, -0.05) is 18.2 Å². The largest absolute Gasteiger partial charge is 0.382 e. The van der Waals surface area contributed by atoms with E-state index < -0.39 is 0 Å². The Balaban J connectivity index is 1.98. The molecule has 2 rings (SSSR count). The number of rotatable bonds is 4. The van der Waals surface area contributed by atoms with Gasteiger partial charge in [-0.2, -0.15) is 5.06 Å². The van der Waals surface area contributed by atoms with Crippen LogP contribution in [0.1, 0.15) is 18.4 Å². The molecule has 0 radical (unpaired) electrons. The van der Waals surface area contributed by atoms with Gasteiger partial charge in [0, 0.05) is 31.4 Å². The molecule has 94 valence electrons. The molecule has 1 fully saturated rings. The van der Waals surface area contributed by atoms with Crippen LogP contribution in [0.4, 0.5) is 5.69 Å². The van der Waals surface area contributed by atoms with E-state index >= 15 is 0 Å². The zero-order valence-corrected chi connectivity index (χ0v) is 10.3. The maximum Gasteiger partial charge on any atom is 0.0387 e. The Labute approximate surface area is 103 Å². The summed E-state index contributed by atoms with van der Waals surface area (Å²) in [6.07, 6.45) is 1.98. The van der Waals surface area contributed by atoms with Gasteiger partial charge in [-0.25, -0.2) is 0 Å². The lowest BCUT2D eigenvalue weighted by Crippen LogP contribution is -2.37. The Kier molecular flexibility index (Phi) is 4.36. The first-order chi connectivity index (χ1) is 8.29. The number of hydrogen-bond donors (Lipinski definition) is 3. The zero-order chi connectivity index (χ0) is 12.1. The van der Waals surface area contributed by atoms with Crippen LogP contribution in [-0.4, -0.2) is 36.4 Å². The lowest BCUT2D eigenvalue weighted by molar-refractivity contribution is -0.105. The average Bonchev–Trinajstić information content (AvgIpc) is 2.35. The molecule has 1 aliphatic rings. The number of anilines is 1. The van der Waals surface area contributed by atoms with Crippen LogP contribution in [0.25, 0.3) is 0 Å². The van der Waals surface area contributed by atoms with Crippen LogP contribution in [0.15, 0.2) is 24.3 Å². The van der Waals surface area contributed by atoms with Crippen molar-refractivity contribution in [1.82, 2.24) is 10.4 Å². The Bertz CT molecular complexity index is 348. The van der Waals surface area contributed by atoms with Crippen LogP contribution < -0.4 is 10.6 Å². The molecule has 0 unspecified atom stereocenters. The second-order valence-electron chi connectivity index (χ2n) is 4.56. The van der Waals surface area contributed by atoms with Gasteiger partial charge in [-0.3, -0.25) is 0 Å². The van der Waals surface area contributed by atoms with E-state index in [0.717, 1.165) is 32.5 Å². The number of para-hydroxylation sites is 1. The molecule has 0 spiro atoms. The minimum Gasteiger partial charge on any atom is -0.382 e. The second kappa shape index (κ2) is 6.00. The minimum absolute atomic E-state index is 0.469. The van der Waals surface area contributed by atoms with Crippen molar-refractivity contribution >= 4 is 5.69 Å². The van der Waals surface area contributed by atoms with Crippen molar-refractivity contribution in [2.45, 2.75) is 25.4 Å². The summed E-state index contributed by atoms with van der Waals surface area (Å²) in [5.41, 5.74) is 2.50. The molecule has 0 amide bonds. The van der Waals surface area contributed by atoms with Gasteiger partial charge < -0.3 is 15.8 Å². The first kappa shape index (κ1) is 12.4. The summed E-state index contributed by atoms with van der Waals surface area (Å²) >= 11 is 0. The number of nitrogens with zero attached hydrogens (tertiary/aromatic N) is 1. The van der Waals surface area contributed by atoms with Crippen LogP contribution >= 0.6 is 0 Å². The number of nitrogens with one attached hydrogen (secondary N) is 2. The summed E-state index contributed by atoms with van der Waals surface area (Å²) < 4.78 is 0. The van der Waals surface area contributed by atoms with Gasteiger partial charge in [0.1, 0.15) is 0 Å². The van der Waals surface area contributed by atoms with Crippen LogP contribution in [0, 0.1) is 0 Å². The van der Waals surface area contributed by atoms with E-state index in [1.165, 1.54) is 16.3 Å². The van der Waals surface area contributed by atoms with Crippen molar-refractivity contribution < 1.29 is 5.21 Å². The number of hydrogen-bond acceptors (Lipinski definition) is 4. The van der Waals surface area contributed by atoms with Gasteiger partial charge in [0.25, 0.3) is 0 Å². The first-order valence-corrected chi connectivity index (χ1v) is 6.22. The molecule has 1 saturated heterocycles. The summed E-state index contributed by atoms with van der Waals surface area (Å²) in [6, 6.07) is 8.85. The molecule has 4 nitrogen and oxygen atoms in total. The number of benzene rings is 1. The highest BCUT2D eigenvalue weighted by Gasteiger charge is 2.17. The third-order valence-electron chi connectivity index (χ3n) is 3.22. The number of hydroxylamine groups is 2. The predicted molar refractivity (Wildman–Crippen MR) is 69.2 cm³/mol. The Hall–Kier alpha value is -1.10. The zero-order valence-electron chi connectivity index (χ0n) is 10.3. The molecular formula is C13H21N3O. The second-order valence-corrected chi connectivity index (χ2v) is 4.56. The molecule has 1 aliphatic heterocycles. The molecule has 1 aromatic rings. The van der Waals surface area contributed by atoms with Crippen LogP contribution in [-0.2, 0) is 6.54 Å². The maximum atomic E-state index is 9.33. The summed E-state index contributed by atoms with van der Waals surface area (Å²) in [7, 11) is 1.96. The van der Waals surface area contributed by atoms with Crippen LogP contribution in [0.5, 0.6) is 0 Å². The third-order valence-corrected chi connectivity index (χ3v) is 3.22. The molecular weight excluding hydrogens is 214 g/mol. The molecule has 0 aromatic heterocycles. The Morgan fingerprint density at radius 1 is 1.29 bits per heavy atom. The fraction of sp³-hybridized carbons (Fsp3) is 0.538. The number of piperidine rings is 1. The van der Waals surface area contributed by atoms with E-state index in [9.17, 15) is 5.21 Å². The van der Waals surface area contributed by atoms with E-state index in [1.807, 2.05) is 7.05 Å². The standard InChI is InChI=1S/C13H21N3O/c1-14-10-11-4-2-3-5-13(11)15-12-6-8-16(17)9-7-12/h2-5,12,14-15,17H,6-10H2,1H3. The van der Waals surface area contributed by atoms with Crippen molar-refractivity contribution in [2.75, 3.05) is 25.5 Å².